The van der Waals surface area contributed by atoms with Gasteiger partial charge in [0.05, 0.1) is 17.8 Å². The average molecular weight is 373 g/mol. The lowest BCUT2D eigenvalue weighted by Gasteiger charge is -2.12. The van der Waals surface area contributed by atoms with E-state index in [1.54, 1.807) is 36.9 Å². The molecular formula is C19H17ClN2O2S. The molecule has 0 amide bonds. The molecule has 4 nitrogen and oxygen atoms in total. The Morgan fingerprint density at radius 2 is 2.08 bits per heavy atom. The van der Waals surface area contributed by atoms with Crippen LogP contribution in [0.15, 0.2) is 53.4 Å². The highest BCUT2D eigenvalue weighted by Crippen LogP contribution is 2.30. The van der Waals surface area contributed by atoms with E-state index in [4.69, 9.17) is 16.3 Å². The number of esters is 1. The van der Waals surface area contributed by atoms with E-state index in [0.717, 1.165) is 21.7 Å². The van der Waals surface area contributed by atoms with Crippen molar-refractivity contribution in [3.05, 3.63) is 59.2 Å². The number of aromatic nitrogens is 1. The van der Waals surface area contributed by atoms with Gasteiger partial charge in [-0.05, 0) is 55.6 Å². The van der Waals surface area contributed by atoms with Gasteiger partial charge in [0.2, 0.25) is 0 Å². The maximum atomic E-state index is 12.1. The zero-order valence-electron chi connectivity index (χ0n) is 13.9. The first kappa shape index (κ1) is 17.6. The van der Waals surface area contributed by atoms with Crippen LogP contribution in [-0.2, 0) is 4.74 Å². The van der Waals surface area contributed by atoms with E-state index in [9.17, 15) is 4.79 Å². The molecule has 0 bridgehead atoms. The summed E-state index contributed by atoms with van der Waals surface area (Å²) in [6, 6.07) is 15.1. The number of carbonyl (C=O) groups excluding carboxylic acids is 1. The average Bonchev–Trinajstić information content (AvgIpc) is 2.62. The van der Waals surface area contributed by atoms with Gasteiger partial charge >= 0.3 is 5.97 Å². The van der Waals surface area contributed by atoms with Crippen LogP contribution in [0.4, 0.5) is 11.4 Å². The fourth-order valence-electron chi connectivity index (χ4n) is 2.47. The summed E-state index contributed by atoms with van der Waals surface area (Å²) >= 11 is 7.81. The second-order valence-corrected chi connectivity index (χ2v) is 6.61. The molecule has 25 heavy (non-hydrogen) atoms. The molecule has 0 aliphatic rings. The molecule has 0 radical (unpaired) electrons. The Bertz CT molecular complexity index is 930. The minimum Gasteiger partial charge on any atom is -0.461 e. The molecule has 3 rings (SSSR count). The molecular weight excluding hydrogens is 356 g/mol. The van der Waals surface area contributed by atoms with Crippen LogP contribution in [0.5, 0.6) is 0 Å². The van der Waals surface area contributed by atoms with E-state index in [-0.39, 0.29) is 5.69 Å². The van der Waals surface area contributed by atoms with Gasteiger partial charge in [0.15, 0.2) is 5.69 Å². The summed E-state index contributed by atoms with van der Waals surface area (Å²) < 4.78 is 5.08. The first-order valence-electron chi connectivity index (χ1n) is 7.79. The zero-order valence-corrected chi connectivity index (χ0v) is 15.4. The van der Waals surface area contributed by atoms with Crippen molar-refractivity contribution in [1.82, 2.24) is 4.98 Å². The van der Waals surface area contributed by atoms with Gasteiger partial charge in [-0.2, -0.15) is 0 Å². The summed E-state index contributed by atoms with van der Waals surface area (Å²) in [5.41, 5.74) is 2.63. The van der Waals surface area contributed by atoms with Crippen molar-refractivity contribution in [1.29, 1.82) is 0 Å². The van der Waals surface area contributed by atoms with E-state index in [0.29, 0.717) is 17.1 Å². The standard InChI is InChI=1S/C19H17ClN2O2S/c1-3-24-19(23)18-11-17(15-9-12(20)7-8-16(15)22-18)21-13-5-4-6-14(10-13)25-2/h4-11H,3H2,1-2H3,(H,21,22). The number of carbonyl (C=O) groups is 1. The first-order valence-corrected chi connectivity index (χ1v) is 9.39. The van der Waals surface area contributed by atoms with Gasteiger partial charge in [-0.1, -0.05) is 17.7 Å². The van der Waals surface area contributed by atoms with Crippen LogP contribution in [0.3, 0.4) is 0 Å². The molecule has 6 heteroatoms. The lowest BCUT2D eigenvalue weighted by Crippen LogP contribution is -2.08. The van der Waals surface area contributed by atoms with Gasteiger partial charge in [0, 0.05) is 21.0 Å². The number of pyridine rings is 1. The van der Waals surface area contributed by atoms with Crippen LogP contribution >= 0.6 is 23.4 Å². The maximum Gasteiger partial charge on any atom is 0.357 e. The highest BCUT2D eigenvalue weighted by atomic mass is 35.5. The minimum atomic E-state index is -0.444. The van der Waals surface area contributed by atoms with Crippen molar-refractivity contribution in [2.45, 2.75) is 11.8 Å². The largest absolute Gasteiger partial charge is 0.461 e. The third kappa shape index (κ3) is 4.06. The number of rotatable bonds is 5. The molecule has 128 valence electrons. The van der Waals surface area contributed by atoms with Crippen molar-refractivity contribution in [3.8, 4) is 0 Å². The van der Waals surface area contributed by atoms with Gasteiger partial charge < -0.3 is 10.1 Å². The number of thioether (sulfide) groups is 1. The first-order chi connectivity index (χ1) is 12.1. The Labute approximate surface area is 155 Å². The molecule has 3 aromatic rings. The van der Waals surface area contributed by atoms with Crippen LogP contribution in [0.1, 0.15) is 17.4 Å². The Morgan fingerprint density at radius 3 is 2.84 bits per heavy atom. The highest BCUT2D eigenvalue weighted by molar-refractivity contribution is 7.98. The summed E-state index contributed by atoms with van der Waals surface area (Å²) in [7, 11) is 0. The van der Waals surface area contributed by atoms with Gasteiger partial charge in [-0.15, -0.1) is 11.8 Å². The molecule has 1 aromatic heterocycles. The molecule has 0 fully saturated rings. The van der Waals surface area contributed by atoms with Gasteiger partial charge in [0.25, 0.3) is 0 Å². The summed E-state index contributed by atoms with van der Waals surface area (Å²) in [6.45, 7) is 2.07. The van der Waals surface area contributed by atoms with Crippen molar-refractivity contribution in [3.63, 3.8) is 0 Å². The molecule has 1 heterocycles. The molecule has 0 saturated heterocycles. The highest BCUT2D eigenvalue weighted by Gasteiger charge is 2.14. The number of hydrogen-bond acceptors (Lipinski definition) is 5. The maximum absolute atomic E-state index is 12.1. The summed E-state index contributed by atoms with van der Waals surface area (Å²) in [6.07, 6.45) is 2.03. The number of halogens is 1. The zero-order chi connectivity index (χ0) is 17.8. The quantitative estimate of drug-likeness (QED) is 0.471. The van der Waals surface area contributed by atoms with Crippen LogP contribution in [-0.4, -0.2) is 23.8 Å². The smallest absolute Gasteiger partial charge is 0.357 e. The summed E-state index contributed by atoms with van der Waals surface area (Å²) in [5, 5.41) is 4.82. The van der Waals surface area contributed by atoms with Crippen molar-refractivity contribution < 1.29 is 9.53 Å². The number of benzene rings is 2. The Hall–Kier alpha value is -2.24. The molecule has 1 N–H and O–H groups in total. The number of anilines is 2. The lowest BCUT2D eigenvalue weighted by atomic mass is 10.1. The Morgan fingerprint density at radius 1 is 1.24 bits per heavy atom. The van der Waals surface area contributed by atoms with Crippen LogP contribution in [0, 0.1) is 0 Å². The lowest BCUT2D eigenvalue weighted by molar-refractivity contribution is 0.0520. The second-order valence-electron chi connectivity index (χ2n) is 5.29. The number of ether oxygens (including phenoxy) is 1. The van der Waals surface area contributed by atoms with E-state index >= 15 is 0 Å². The van der Waals surface area contributed by atoms with Gasteiger partial charge in [0.1, 0.15) is 0 Å². The Kier molecular flexibility index (Phi) is 5.46. The molecule has 0 aliphatic carbocycles. The molecule has 0 unspecified atom stereocenters. The van der Waals surface area contributed by atoms with E-state index in [1.807, 2.05) is 36.6 Å². The Balaban J connectivity index is 2.09. The van der Waals surface area contributed by atoms with E-state index < -0.39 is 5.97 Å². The predicted octanol–water partition coefficient (Wildman–Crippen LogP) is 5.53. The number of nitrogens with zero attached hydrogens (tertiary/aromatic N) is 1. The van der Waals surface area contributed by atoms with Crippen LogP contribution in [0.25, 0.3) is 10.9 Å². The second kappa shape index (κ2) is 7.76. The fourth-order valence-corrected chi connectivity index (χ4v) is 3.10. The minimum absolute atomic E-state index is 0.264. The van der Waals surface area contributed by atoms with Crippen molar-refractivity contribution >= 4 is 51.6 Å². The molecule has 0 aliphatic heterocycles. The fraction of sp³-hybridized carbons (Fsp3) is 0.158. The molecule has 2 aromatic carbocycles. The SMILES string of the molecule is CCOC(=O)c1cc(Nc2cccc(SC)c2)c2cc(Cl)ccc2n1. The monoisotopic (exact) mass is 372 g/mol. The predicted molar refractivity (Wildman–Crippen MR) is 104 cm³/mol. The number of nitrogens with one attached hydrogen (secondary N) is 1. The van der Waals surface area contributed by atoms with Crippen LogP contribution < -0.4 is 5.32 Å². The number of fused-ring (bicyclic) bond motifs is 1. The van der Waals surface area contributed by atoms with E-state index in [2.05, 4.69) is 10.3 Å². The number of hydrogen-bond donors (Lipinski definition) is 1. The van der Waals surface area contributed by atoms with Crippen molar-refractivity contribution in [2.24, 2.45) is 0 Å². The third-order valence-corrected chi connectivity index (χ3v) is 4.56. The molecule has 0 spiro atoms. The molecule has 0 saturated carbocycles. The van der Waals surface area contributed by atoms with E-state index in [1.165, 1.54) is 0 Å². The third-order valence-electron chi connectivity index (χ3n) is 3.60. The summed E-state index contributed by atoms with van der Waals surface area (Å²) in [4.78, 5) is 17.7. The summed E-state index contributed by atoms with van der Waals surface area (Å²) in [5.74, 6) is -0.444. The van der Waals surface area contributed by atoms with Crippen LogP contribution in [0.2, 0.25) is 5.02 Å². The van der Waals surface area contributed by atoms with Crippen molar-refractivity contribution in [2.75, 3.05) is 18.2 Å². The molecule has 0 atom stereocenters. The van der Waals surface area contributed by atoms with Gasteiger partial charge in [-0.3, -0.25) is 0 Å². The normalized spacial score (nSPS) is 10.7. The topological polar surface area (TPSA) is 51.2 Å². The van der Waals surface area contributed by atoms with Gasteiger partial charge in [-0.25, -0.2) is 9.78 Å².